The van der Waals surface area contributed by atoms with Gasteiger partial charge in [-0.2, -0.15) is 0 Å². The van der Waals surface area contributed by atoms with Crippen LogP contribution in [0.2, 0.25) is 0 Å². The van der Waals surface area contributed by atoms with Gasteiger partial charge < -0.3 is 10.1 Å². The molecule has 2 rings (SSSR count). The quantitative estimate of drug-likeness (QED) is 0.816. The van der Waals surface area contributed by atoms with Crippen molar-refractivity contribution in [1.82, 2.24) is 5.32 Å². The fourth-order valence-corrected chi connectivity index (χ4v) is 3.79. The van der Waals surface area contributed by atoms with E-state index in [1.165, 1.54) is 18.4 Å². The second-order valence-corrected chi connectivity index (χ2v) is 7.15. The van der Waals surface area contributed by atoms with Gasteiger partial charge in [0.2, 0.25) is 0 Å². The summed E-state index contributed by atoms with van der Waals surface area (Å²) in [6, 6.07) is 4.22. The van der Waals surface area contributed by atoms with Crippen LogP contribution in [-0.2, 0) is 6.54 Å². The molecule has 0 aromatic heterocycles. The topological polar surface area (TPSA) is 21.3 Å². The van der Waals surface area contributed by atoms with E-state index in [0.717, 1.165) is 27.2 Å². The minimum atomic E-state index is 0.235. The van der Waals surface area contributed by atoms with E-state index in [2.05, 4.69) is 63.2 Å². The molecule has 0 unspecified atom stereocenters. The summed E-state index contributed by atoms with van der Waals surface area (Å²) in [6.07, 6.45) is 2.71. The summed E-state index contributed by atoms with van der Waals surface area (Å²) in [7, 11) is 1.68. The number of methoxy groups -OCH3 is 1. The second-order valence-electron chi connectivity index (χ2n) is 5.44. The third-order valence-electron chi connectivity index (χ3n) is 3.61. The maximum atomic E-state index is 5.31. The molecule has 0 atom stereocenters. The van der Waals surface area contributed by atoms with Gasteiger partial charge in [0, 0.05) is 12.1 Å². The predicted molar refractivity (Wildman–Crippen MR) is 82.0 cm³/mol. The van der Waals surface area contributed by atoms with Gasteiger partial charge in [-0.1, -0.05) is 0 Å². The average Bonchev–Trinajstić information content (AvgIpc) is 3.10. The van der Waals surface area contributed by atoms with Crippen molar-refractivity contribution in [2.45, 2.75) is 38.8 Å². The zero-order valence-electron chi connectivity index (χ0n) is 11.0. The summed E-state index contributed by atoms with van der Waals surface area (Å²) >= 11 is 7.07. The van der Waals surface area contributed by atoms with Crippen LogP contribution in [0.25, 0.3) is 0 Å². The van der Waals surface area contributed by atoms with E-state index >= 15 is 0 Å². The normalized spacial score (nSPS) is 15.8. The van der Waals surface area contributed by atoms with E-state index in [1.807, 2.05) is 0 Å². The summed E-state index contributed by atoms with van der Waals surface area (Å²) in [5.74, 6) is 1.68. The molecule has 0 aliphatic heterocycles. The van der Waals surface area contributed by atoms with E-state index in [4.69, 9.17) is 4.74 Å². The molecule has 1 aromatic carbocycles. The molecule has 1 aromatic rings. The Bertz CT molecular complexity index is 418. The lowest BCUT2D eigenvalue weighted by atomic mass is 9.98. The van der Waals surface area contributed by atoms with E-state index in [-0.39, 0.29) is 5.54 Å². The number of rotatable bonds is 5. The minimum Gasteiger partial charge on any atom is -0.494 e. The van der Waals surface area contributed by atoms with Gasteiger partial charge in [-0.15, -0.1) is 0 Å². The van der Waals surface area contributed by atoms with Gasteiger partial charge in [0.1, 0.15) is 5.75 Å². The summed E-state index contributed by atoms with van der Waals surface area (Å²) < 4.78 is 7.28. The van der Waals surface area contributed by atoms with Crippen molar-refractivity contribution in [2.24, 2.45) is 5.92 Å². The molecular formula is C14H19Br2NO. The Morgan fingerprint density at radius 2 is 1.83 bits per heavy atom. The zero-order valence-corrected chi connectivity index (χ0v) is 14.2. The molecule has 1 aliphatic rings. The molecule has 4 heteroatoms. The van der Waals surface area contributed by atoms with Crippen LogP contribution < -0.4 is 10.1 Å². The molecule has 0 amide bonds. The largest absolute Gasteiger partial charge is 0.494 e. The smallest absolute Gasteiger partial charge is 0.147 e. The fraction of sp³-hybridized carbons (Fsp3) is 0.571. The van der Waals surface area contributed by atoms with Crippen LogP contribution >= 0.6 is 31.9 Å². The molecule has 1 N–H and O–H groups in total. The van der Waals surface area contributed by atoms with E-state index < -0.39 is 0 Å². The van der Waals surface area contributed by atoms with Crippen LogP contribution in [0.1, 0.15) is 32.3 Å². The molecule has 1 fully saturated rings. The number of ether oxygens (including phenoxy) is 1. The monoisotopic (exact) mass is 375 g/mol. The SMILES string of the molecule is COc1c(Br)cc(CNC(C)(C)C2CC2)cc1Br. The molecule has 1 aliphatic carbocycles. The lowest BCUT2D eigenvalue weighted by Crippen LogP contribution is -2.40. The highest BCUT2D eigenvalue weighted by atomic mass is 79.9. The molecule has 2 nitrogen and oxygen atoms in total. The first-order chi connectivity index (χ1) is 8.44. The van der Waals surface area contributed by atoms with Crippen molar-refractivity contribution in [3.8, 4) is 5.75 Å². The number of nitrogens with one attached hydrogen (secondary N) is 1. The van der Waals surface area contributed by atoms with Crippen molar-refractivity contribution in [3.63, 3.8) is 0 Å². The van der Waals surface area contributed by atoms with Crippen molar-refractivity contribution in [3.05, 3.63) is 26.6 Å². The summed E-state index contributed by atoms with van der Waals surface area (Å²) in [6.45, 7) is 5.46. The minimum absolute atomic E-state index is 0.235. The predicted octanol–water partition coefficient (Wildman–Crippen LogP) is 4.50. The Morgan fingerprint density at radius 3 is 2.28 bits per heavy atom. The highest BCUT2D eigenvalue weighted by Gasteiger charge is 2.37. The number of benzene rings is 1. The average molecular weight is 377 g/mol. The molecule has 0 heterocycles. The molecule has 0 bridgehead atoms. The number of hydrogen-bond donors (Lipinski definition) is 1. The van der Waals surface area contributed by atoms with Gasteiger partial charge in [0.05, 0.1) is 16.1 Å². The van der Waals surface area contributed by atoms with Crippen molar-refractivity contribution < 1.29 is 4.74 Å². The van der Waals surface area contributed by atoms with Gasteiger partial charge in [-0.3, -0.25) is 0 Å². The van der Waals surface area contributed by atoms with Gasteiger partial charge >= 0.3 is 0 Å². The van der Waals surface area contributed by atoms with Crippen LogP contribution in [0.15, 0.2) is 21.1 Å². The van der Waals surface area contributed by atoms with Gasteiger partial charge in [-0.05, 0) is 82.2 Å². The van der Waals surface area contributed by atoms with Crippen molar-refractivity contribution >= 4 is 31.9 Å². The molecule has 0 saturated heterocycles. The summed E-state index contributed by atoms with van der Waals surface area (Å²) in [5, 5.41) is 3.65. The molecule has 18 heavy (non-hydrogen) atoms. The number of halogens is 2. The lowest BCUT2D eigenvalue weighted by Gasteiger charge is -2.26. The zero-order chi connectivity index (χ0) is 13.3. The van der Waals surface area contributed by atoms with E-state index in [9.17, 15) is 0 Å². The lowest BCUT2D eigenvalue weighted by molar-refractivity contribution is 0.339. The standard InChI is InChI=1S/C14H19Br2NO/c1-14(2,10-4-5-10)17-8-9-6-11(15)13(18-3)12(16)7-9/h6-7,10,17H,4-5,8H2,1-3H3. The van der Waals surface area contributed by atoms with Crippen molar-refractivity contribution in [2.75, 3.05) is 7.11 Å². The third-order valence-corrected chi connectivity index (χ3v) is 4.79. The van der Waals surface area contributed by atoms with Crippen LogP contribution in [0.3, 0.4) is 0 Å². The summed E-state index contributed by atoms with van der Waals surface area (Å²) in [4.78, 5) is 0. The van der Waals surface area contributed by atoms with Crippen LogP contribution in [0.5, 0.6) is 5.75 Å². The maximum absolute atomic E-state index is 5.31. The Labute approximate surface area is 126 Å². The first-order valence-electron chi connectivity index (χ1n) is 6.21. The molecule has 1 saturated carbocycles. The highest BCUT2D eigenvalue weighted by Crippen LogP contribution is 2.39. The van der Waals surface area contributed by atoms with Gasteiger partial charge in [0.15, 0.2) is 0 Å². The Balaban J connectivity index is 2.05. The Kier molecular flexibility index (Phi) is 4.40. The van der Waals surface area contributed by atoms with Gasteiger partial charge in [-0.25, -0.2) is 0 Å². The summed E-state index contributed by atoms with van der Waals surface area (Å²) in [5.41, 5.74) is 1.49. The Hall–Kier alpha value is -0.0600. The van der Waals surface area contributed by atoms with E-state index in [1.54, 1.807) is 7.11 Å². The van der Waals surface area contributed by atoms with E-state index in [0.29, 0.717) is 0 Å². The van der Waals surface area contributed by atoms with Crippen molar-refractivity contribution in [1.29, 1.82) is 0 Å². The molecular weight excluding hydrogens is 358 g/mol. The first kappa shape index (κ1) is 14.4. The molecule has 0 spiro atoms. The maximum Gasteiger partial charge on any atom is 0.147 e. The highest BCUT2D eigenvalue weighted by molar-refractivity contribution is 9.11. The molecule has 0 radical (unpaired) electrons. The number of hydrogen-bond acceptors (Lipinski definition) is 2. The van der Waals surface area contributed by atoms with Gasteiger partial charge in [0.25, 0.3) is 0 Å². The molecule has 100 valence electrons. The second kappa shape index (κ2) is 5.51. The van der Waals surface area contributed by atoms with Crippen LogP contribution in [0, 0.1) is 5.92 Å². The third kappa shape index (κ3) is 3.28. The Morgan fingerprint density at radius 1 is 1.28 bits per heavy atom. The van der Waals surface area contributed by atoms with Crippen LogP contribution in [0.4, 0.5) is 0 Å². The first-order valence-corrected chi connectivity index (χ1v) is 7.79. The van der Waals surface area contributed by atoms with Crippen LogP contribution in [-0.4, -0.2) is 12.6 Å². The fourth-order valence-electron chi connectivity index (χ4n) is 2.19.